The van der Waals surface area contributed by atoms with Crippen molar-refractivity contribution in [1.29, 1.82) is 0 Å². The predicted octanol–water partition coefficient (Wildman–Crippen LogP) is 3.27. The molecule has 26 heavy (non-hydrogen) atoms. The van der Waals surface area contributed by atoms with Gasteiger partial charge in [-0.2, -0.15) is 0 Å². The Labute approximate surface area is 159 Å². The first-order valence-corrected chi connectivity index (χ1v) is 10.5. The molecular formula is C20H26N4OS. The zero-order chi connectivity index (χ0) is 17.9. The van der Waals surface area contributed by atoms with Gasteiger partial charge in [-0.15, -0.1) is 10.2 Å². The maximum absolute atomic E-state index is 12.5. The summed E-state index contributed by atoms with van der Waals surface area (Å²) in [5, 5.41) is 9.40. The van der Waals surface area contributed by atoms with E-state index in [0.29, 0.717) is 17.6 Å². The smallest absolute Gasteiger partial charge is 0.233 e. The predicted molar refractivity (Wildman–Crippen MR) is 103 cm³/mol. The van der Waals surface area contributed by atoms with Crippen LogP contribution in [0.2, 0.25) is 0 Å². The van der Waals surface area contributed by atoms with Gasteiger partial charge in [-0.3, -0.25) is 4.79 Å². The minimum absolute atomic E-state index is 0.226. The van der Waals surface area contributed by atoms with Crippen molar-refractivity contribution >= 4 is 17.7 Å². The third-order valence-electron chi connectivity index (χ3n) is 5.47. The monoisotopic (exact) mass is 370 g/mol. The largest absolute Gasteiger partial charge is 0.342 e. The summed E-state index contributed by atoms with van der Waals surface area (Å²) >= 11 is 1.52. The molecule has 1 saturated heterocycles. The molecule has 0 N–H and O–H groups in total. The van der Waals surface area contributed by atoms with E-state index in [9.17, 15) is 4.79 Å². The van der Waals surface area contributed by atoms with E-state index in [1.54, 1.807) is 0 Å². The van der Waals surface area contributed by atoms with Crippen LogP contribution in [0.15, 0.2) is 35.5 Å². The van der Waals surface area contributed by atoms with Crippen LogP contribution in [-0.2, 0) is 18.3 Å². The van der Waals surface area contributed by atoms with Gasteiger partial charge >= 0.3 is 0 Å². The van der Waals surface area contributed by atoms with E-state index in [1.165, 1.54) is 30.2 Å². The number of likely N-dealkylation sites (tertiary alicyclic amines) is 1. The molecule has 0 atom stereocenters. The lowest BCUT2D eigenvalue weighted by molar-refractivity contribution is -0.129. The molecule has 138 valence electrons. The summed E-state index contributed by atoms with van der Waals surface area (Å²) in [7, 11) is 2.01. The number of carbonyl (C=O) groups is 1. The number of benzene rings is 1. The molecule has 2 fully saturated rings. The fourth-order valence-corrected chi connectivity index (χ4v) is 4.52. The Morgan fingerprint density at radius 1 is 1.12 bits per heavy atom. The summed E-state index contributed by atoms with van der Waals surface area (Å²) in [6.07, 6.45) is 5.75. The van der Waals surface area contributed by atoms with Gasteiger partial charge in [-0.25, -0.2) is 0 Å². The van der Waals surface area contributed by atoms with Crippen LogP contribution < -0.4 is 0 Å². The minimum atomic E-state index is 0.226. The fraction of sp³-hybridized carbons (Fsp3) is 0.550. The number of amides is 1. The van der Waals surface area contributed by atoms with Crippen LogP contribution in [-0.4, -0.2) is 44.4 Å². The Morgan fingerprint density at radius 3 is 2.54 bits per heavy atom. The molecule has 2 aromatic rings. The van der Waals surface area contributed by atoms with Crippen molar-refractivity contribution in [1.82, 2.24) is 19.7 Å². The molecule has 1 aromatic carbocycles. The first kappa shape index (κ1) is 17.6. The molecule has 1 aliphatic heterocycles. The molecule has 2 aliphatic rings. The molecule has 5 nitrogen and oxygen atoms in total. The Hall–Kier alpha value is -1.82. The van der Waals surface area contributed by atoms with Crippen LogP contribution in [0.4, 0.5) is 0 Å². The molecule has 6 heteroatoms. The van der Waals surface area contributed by atoms with Gasteiger partial charge in [0.05, 0.1) is 5.75 Å². The molecule has 0 bridgehead atoms. The summed E-state index contributed by atoms with van der Waals surface area (Å²) in [5.41, 5.74) is 1.40. The molecule has 1 aliphatic carbocycles. The van der Waals surface area contributed by atoms with E-state index >= 15 is 0 Å². The van der Waals surface area contributed by atoms with E-state index in [2.05, 4.69) is 45.1 Å². The van der Waals surface area contributed by atoms with Crippen LogP contribution in [0.1, 0.15) is 43.0 Å². The van der Waals surface area contributed by atoms with Crippen molar-refractivity contribution in [3.63, 3.8) is 0 Å². The van der Waals surface area contributed by atoms with Crippen LogP contribution in [0.5, 0.6) is 0 Å². The van der Waals surface area contributed by atoms with Crippen molar-refractivity contribution < 1.29 is 4.79 Å². The highest BCUT2D eigenvalue weighted by Gasteiger charge is 2.29. The number of thioether (sulfide) groups is 1. The van der Waals surface area contributed by atoms with Crippen LogP contribution in [0.3, 0.4) is 0 Å². The van der Waals surface area contributed by atoms with E-state index < -0.39 is 0 Å². The second-order valence-corrected chi connectivity index (χ2v) is 8.42. The Morgan fingerprint density at radius 2 is 1.85 bits per heavy atom. The highest BCUT2D eigenvalue weighted by molar-refractivity contribution is 7.99. The highest BCUT2D eigenvalue weighted by atomic mass is 32.2. The van der Waals surface area contributed by atoms with E-state index in [4.69, 9.17) is 0 Å². The quantitative estimate of drug-likeness (QED) is 0.733. The summed E-state index contributed by atoms with van der Waals surface area (Å²) < 4.78 is 2.06. The minimum Gasteiger partial charge on any atom is -0.342 e. The zero-order valence-corrected chi connectivity index (χ0v) is 16.1. The summed E-state index contributed by atoms with van der Waals surface area (Å²) in [6.45, 7) is 1.76. The SMILES string of the molecule is Cn1c(SCC(=O)N2CCC(Cc3ccccc3)CC2)nnc1C1CC1. The average Bonchev–Trinajstić information content (AvgIpc) is 3.44. The van der Waals surface area contributed by atoms with Crippen molar-refractivity contribution in [3.8, 4) is 0 Å². The summed E-state index contributed by atoms with van der Waals surface area (Å²) in [4.78, 5) is 14.6. The second kappa shape index (κ2) is 7.82. The second-order valence-electron chi connectivity index (χ2n) is 7.48. The highest BCUT2D eigenvalue weighted by Crippen LogP contribution is 2.39. The molecule has 0 unspecified atom stereocenters. The molecule has 0 spiro atoms. The van der Waals surface area contributed by atoms with Gasteiger partial charge in [-0.05, 0) is 43.6 Å². The van der Waals surface area contributed by atoms with E-state index in [1.807, 2.05) is 11.9 Å². The Bertz CT molecular complexity index is 748. The lowest BCUT2D eigenvalue weighted by Crippen LogP contribution is -2.39. The van der Waals surface area contributed by atoms with Crippen LogP contribution in [0, 0.1) is 5.92 Å². The third-order valence-corrected chi connectivity index (χ3v) is 6.48. The van der Waals surface area contributed by atoms with Crippen molar-refractivity contribution in [2.24, 2.45) is 13.0 Å². The molecule has 0 radical (unpaired) electrons. The van der Waals surface area contributed by atoms with Crippen molar-refractivity contribution in [3.05, 3.63) is 41.7 Å². The normalized spacial score (nSPS) is 18.3. The third kappa shape index (κ3) is 4.11. The molecule has 1 saturated carbocycles. The summed E-state index contributed by atoms with van der Waals surface area (Å²) in [6, 6.07) is 10.7. The van der Waals surface area contributed by atoms with Gasteiger partial charge in [0.15, 0.2) is 5.16 Å². The van der Waals surface area contributed by atoms with Gasteiger partial charge in [0.1, 0.15) is 5.82 Å². The number of rotatable bonds is 6. The maximum atomic E-state index is 12.5. The fourth-order valence-electron chi connectivity index (χ4n) is 3.70. The van der Waals surface area contributed by atoms with E-state index in [0.717, 1.165) is 43.3 Å². The summed E-state index contributed by atoms with van der Waals surface area (Å²) in [5.74, 6) is 3.03. The molecule has 1 amide bonds. The van der Waals surface area contributed by atoms with E-state index in [-0.39, 0.29) is 5.91 Å². The van der Waals surface area contributed by atoms with Crippen molar-refractivity contribution in [2.45, 2.75) is 43.2 Å². The maximum Gasteiger partial charge on any atom is 0.233 e. The number of nitrogens with zero attached hydrogens (tertiary/aromatic N) is 4. The number of aromatic nitrogens is 3. The van der Waals surface area contributed by atoms with Gasteiger partial charge in [0.2, 0.25) is 5.91 Å². The number of piperidine rings is 1. The van der Waals surface area contributed by atoms with Gasteiger partial charge in [0.25, 0.3) is 0 Å². The molecular weight excluding hydrogens is 344 g/mol. The van der Waals surface area contributed by atoms with Crippen molar-refractivity contribution in [2.75, 3.05) is 18.8 Å². The lowest BCUT2D eigenvalue weighted by Gasteiger charge is -2.32. The number of hydrogen-bond acceptors (Lipinski definition) is 4. The standard InChI is InChI=1S/C20H26N4OS/c1-23-19(17-7-8-17)21-22-20(23)26-14-18(25)24-11-9-16(10-12-24)13-15-5-3-2-4-6-15/h2-6,16-17H,7-14H2,1H3. The molecule has 4 rings (SSSR count). The van der Waals surface area contributed by atoms with Gasteiger partial charge in [-0.1, -0.05) is 42.1 Å². The topological polar surface area (TPSA) is 51.0 Å². The Kier molecular flexibility index (Phi) is 5.29. The van der Waals surface area contributed by atoms with Crippen LogP contribution >= 0.6 is 11.8 Å². The Balaban J connectivity index is 1.23. The van der Waals surface area contributed by atoms with Gasteiger partial charge in [0, 0.05) is 26.1 Å². The molecule has 1 aromatic heterocycles. The number of carbonyl (C=O) groups excluding carboxylic acids is 1. The first-order chi connectivity index (χ1) is 12.7. The average molecular weight is 371 g/mol. The molecule has 2 heterocycles. The van der Waals surface area contributed by atoms with Crippen LogP contribution in [0.25, 0.3) is 0 Å². The first-order valence-electron chi connectivity index (χ1n) is 9.54. The lowest BCUT2D eigenvalue weighted by atomic mass is 9.90. The zero-order valence-electron chi connectivity index (χ0n) is 15.3. The van der Waals surface area contributed by atoms with Gasteiger partial charge < -0.3 is 9.47 Å². The number of hydrogen-bond donors (Lipinski definition) is 0.